The average molecular weight is 298 g/mol. The van der Waals surface area contributed by atoms with Crippen molar-refractivity contribution < 1.29 is 9.90 Å². The molecule has 1 amide bonds. The van der Waals surface area contributed by atoms with Crippen LogP contribution in [-0.2, 0) is 0 Å². The van der Waals surface area contributed by atoms with Gasteiger partial charge in [-0.25, -0.2) is 0 Å². The highest BCUT2D eigenvalue weighted by molar-refractivity contribution is 9.10. The third kappa shape index (κ3) is 3.54. The summed E-state index contributed by atoms with van der Waals surface area (Å²) in [6.07, 6.45) is 2.49. The topological polar surface area (TPSA) is 49.3 Å². The van der Waals surface area contributed by atoms with E-state index < -0.39 is 0 Å². The summed E-state index contributed by atoms with van der Waals surface area (Å²) in [5.74, 6) is 0.378. The molecule has 3 nitrogen and oxygen atoms in total. The minimum atomic E-state index is -0.176. The Balaban J connectivity index is 1.83. The van der Waals surface area contributed by atoms with E-state index in [9.17, 15) is 9.90 Å². The number of carbonyl (C=O) groups is 1. The number of hydrogen-bond acceptors (Lipinski definition) is 2. The molecule has 1 fully saturated rings. The summed E-state index contributed by atoms with van der Waals surface area (Å²) in [6, 6.07) is 7.30. The van der Waals surface area contributed by atoms with E-state index in [-0.39, 0.29) is 12.0 Å². The summed E-state index contributed by atoms with van der Waals surface area (Å²) in [4.78, 5) is 11.8. The van der Waals surface area contributed by atoms with Gasteiger partial charge in [0, 0.05) is 16.6 Å². The molecule has 0 saturated heterocycles. The van der Waals surface area contributed by atoms with Gasteiger partial charge in [0.05, 0.1) is 6.10 Å². The maximum atomic E-state index is 11.8. The van der Waals surface area contributed by atoms with Gasteiger partial charge in [-0.1, -0.05) is 15.9 Å². The van der Waals surface area contributed by atoms with Crippen LogP contribution in [0.2, 0.25) is 0 Å². The molecule has 1 saturated carbocycles. The number of halogens is 1. The van der Waals surface area contributed by atoms with Crippen molar-refractivity contribution in [3.8, 4) is 0 Å². The number of aliphatic hydroxyl groups is 1. The van der Waals surface area contributed by atoms with E-state index in [1.807, 2.05) is 12.1 Å². The lowest BCUT2D eigenvalue weighted by Crippen LogP contribution is -2.28. The van der Waals surface area contributed by atoms with Crippen molar-refractivity contribution in [2.24, 2.45) is 5.92 Å². The standard InChI is InChI=1S/C13H16BrNO2/c14-11-4-2-10(3-5-11)13(17)15-8-9-1-6-12(16)7-9/h2-5,9,12,16H,1,6-8H2,(H,15,17). The van der Waals surface area contributed by atoms with Crippen molar-refractivity contribution in [1.29, 1.82) is 0 Å². The van der Waals surface area contributed by atoms with E-state index in [1.54, 1.807) is 12.1 Å². The number of aliphatic hydroxyl groups excluding tert-OH is 1. The highest BCUT2D eigenvalue weighted by atomic mass is 79.9. The molecule has 0 bridgehead atoms. The smallest absolute Gasteiger partial charge is 0.251 e. The fourth-order valence-corrected chi connectivity index (χ4v) is 2.44. The highest BCUT2D eigenvalue weighted by Gasteiger charge is 2.22. The molecule has 1 aromatic rings. The van der Waals surface area contributed by atoms with Gasteiger partial charge in [-0.2, -0.15) is 0 Å². The van der Waals surface area contributed by atoms with Crippen LogP contribution in [0, 0.1) is 5.92 Å². The van der Waals surface area contributed by atoms with Crippen LogP contribution >= 0.6 is 15.9 Å². The van der Waals surface area contributed by atoms with Crippen LogP contribution in [0.4, 0.5) is 0 Å². The van der Waals surface area contributed by atoms with Crippen LogP contribution < -0.4 is 5.32 Å². The van der Waals surface area contributed by atoms with Gasteiger partial charge in [0.2, 0.25) is 0 Å². The van der Waals surface area contributed by atoms with E-state index in [0.29, 0.717) is 18.0 Å². The molecular formula is C13H16BrNO2. The van der Waals surface area contributed by atoms with Gasteiger partial charge in [0.25, 0.3) is 5.91 Å². The van der Waals surface area contributed by atoms with Crippen molar-refractivity contribution in [3.05, 3.63) is 34.3 Å². The van der Waals surface area contributed by atoms with Crippen LogP contribution in [-0.4, -0.2) is 23.7 Å². The second-order valence-electron chi connectivity index (χ2n) is 4.55. The molecule has 0 aliphatic heterocycles. The van der Waals surface area contributed by atoms with Gasteiger partial charge in [-0.05, 0) is 49.4 Å². The highest BCUT2D eigenvalue weighted by Crippen LogP contribution is 2.24. The van der Waals surface area contributed by atoms with Gasteiger partial charge in [0.1, 0.15) is 0 Å². The Hall–Kier alpha value is -0.870. The number of benzene rings is 1. The SMILES string of the molecule is O=C(NCC1CCC(O)C1)c1ccc(Br)cc1. The van der Waals surface area contributed by atoms with E-state index in [4.69, 9.17) is 0 Å². The van der Waals surface area contributed by atoms with Gasteiger partial charge in [-0.15, -0.1) is 0 Å². The van der Waals surface area contributed by atoms with Crippen molar-refractivity contribution in [2.75, 3.05) is 6.54 Å². The van der Waals surface area contributed by atoms with Crippen molar-refractivity contribution in [2.45, 2.75) is 25.4 Å². The van der Waals surface area contributed by atoms with Crippen LogP contribution in [0.3, 0.4) is 0 Å². The predicted octanol–water partition coefficient (Wildman–Crippen LogP) is 2.34. The second-order valence-corrected chi connectivity index (χ2v) is 5.47. The predicted molar refractivity (Wildman–Crippen MR) is 69.8 cm³/mol. The largest absolute Gasteiger partial charge is 0.393 e. The molecule has 1 aliphatic carbocycles. The van der Waals surface area contributed by atoms with Crippen molar-refractivity contribution >= 4 is 21.8 Å². The van der Waals surface area contributed by atoms with Crippen LogP contribution in [0.1, 0.15) is 29.6 Å². The average Bonchev–Trinajstić information content (AvgIpc) is 2.73. The quantitative estimate of drug-likeness (QED) is 0.900. The molecule has 0 aromatic heterocycles. The van der Waals surface area contributed by atoms with E-state index in [0.717, 1.165) is 23.7 Å². The monoisotopic (exact) mass is 297 g/mol. The lowest BCUT2D eigenvalue weighted by molar-refractivity contribution is 0.0945. The third-order valence-electron chi connectivity index (χ3n) is 3.17. The number of nitrogens with one attached hydrogen (secondary N) is 1. The van der Waals surface area contributed by atoms with Crippen LogP contribution in [0.5, 0.6) is 0 Å². The van der Waals surface area contributed by atoms with Gasteiger partial charge in [-0.3, -0.25) is 4.79 Å². The minimum absolute atomic E-state index is 0.0427. The Labute approximate surface area is 109 Å². The number of amides is 1. The summed E-state index contributed by atoms with van der Waals surface area (Å²) >= 11 is 3.33. The Morgan fingerprint density at radius 1 is 1.35 bits per heavy atom. The van der Waals surface area contributed by atoms with Gasteiger partial charge < -0.3 is 10.4 Å². The normalized spacial score (nSPS) is 23.6. The Morgan fingerprint density at radius 3 is 2.65 bits per heavy atom. The van der Waals surface area contributed by atoms with Crippen LogP contribution in [0.25, 0.3) is 0 Å². The molecule has 0 spiro atoms. The molecule has 2 atom stereocenters. The fraction of sp³-hybridized carbons (Fsp3) is 0.462. The first-order valence-electron chi connectivity index (χ1n) is 5.87. The zero-order valence-corrected chi connectivity index (χ0v) is 11.1. The zero-order chi connectivity index (χ0) is 12.3. The van der Waals surface area contributed by atoms with Gasteiger partial charge in [0.15, 0.2) is 0 Å². The number of hydrogen-bond donors (Lipinski definition) is 2. The summed E-state index contributed by atoms with van der Waals surface area (Å²) in [5, 5.41) is 12.3. The molecule has 1 aliphatic rings. The first kappa shape index (κ1) is 12.6. The maximum Gasteiger partial charge on any atom is 0.251 e. The number of rotatable bonds is 3. The Kier molecular flexibility index (Phi) is 4.18. The van der Waals surface area contributed by atoms with E-state index in [2.05, 4.69) is 21.2 Å². The van der Waals surface area contributed by atoms with E-state index >= 15 is 0 Å². The zero-order valence-electron chi connectivity index (χ0n) is 9.53. The van der Waals surface area contributed by atoms with Gasteiger partial charge >= 0.3 is 0 Å². The second kappa shape index (κ2) is 5.65. The Morgan fingerprint density at radius 2 is 2.06 bits per heavy atom. The molecule has 2 unspecified atom stereocenters. The van der Waals surface area contributed by atoms with Crippen molar-refractivity contribution in [3.63, 3.8) is 0 Å². The van der Waals surface area contributed by atoms with Crippen molar-refractivity contribution in [1.82, 2.24) is 5.32 Å². The lowest BCUT2D eigenvalue weighted by atomic mass is 10.1. The van der Waals surface area contributed by atoms with Crippen LogP contribution in [0.15, 0.2) is 28.7 Å². The molecule has 4 heteroatoms. The minimum Gasteiger partial charge on any atom is -0.393 e. The summed E-state index contributed by atoms with van der Waals surface area (Å²) in [5.41, 5.74) is 0.673. The molecular weight excluding hydrogens is 282 g/mol. The molecule has 0 radical (unpaired) electrons. The Bertz CT molecular complexity index is 391. The molecule has 1 aromatic carbocycles. The maximum absolute atomic E-state index is 11.8. The lowest BCUT2D eigenvalue weighted by Gasteiger charge is -2.10. The first-order valence-corrected chi connectivity index (χ1v) is 6.66. The number of carbonyl (C=O) groups excluding carboxylic acids is 1. The molecule has 2 N–H and O–H groups in total. The summed E-state index contributed by atoms with van der Waals surface area (Å²) in [7, 11) is 0. The molecule has 17 heavy (non-hydrogen) atoms. The fourth-order valence-electron chi connectivity index (χ4n) is 2.17. The first-order chi connectivity index (χ1) is 8.15. The molecule has 2 rings (SSSR count). The summed E-state index contributed by atoms with van der Waals surface area (Å²) in [6.45, 7) is 0.659. The van der Waals surface area contributed by atoms with E-state index in [1.165, 1.54) is 0 Å². The summed E-state index contributed by atoms with van der Waals surface area (Å²) < 4.78 is 0.966. The molecule has 0 heterocycles. The molecule has 92 valence electrons. The third-order valence-corrected chi connectivity index (χ3v) is 3.70.